The molecule has 2 aromatic carbocycles. The first-order valence-corrected chi connectivity index (χ1v) is 7.21. The molecule has 6 nitrogen and oxygen atoms in total. The molecule has 0 aliphatic carbocycles. The van der Waals surface area contributed by atoms with Crippen molar-refractivity contribution in [2.45, 2.75) is 6.92 Å². The van der Waals surface area contributed by atoms with Gasteiger partial charge < -0.3 is 4.74 Å². The van der Waals surface area contributed by atoms with Crippen LogP contribution in [0.1, 0.15) is 26.3 Å². The van der Waals surface area contributed by atoms with E-state index >= 15 is 0 Å². The molecular weight excluding hydrogens is 308 g/mol. The molecule has 0 radical (unpaired) electrons. The third-order valence-electron chi connectivity index (χ3n) is 3.81. The zero-order valence-electron chi connectivity index (χ0n) is 13.1. The summed E-state index contributed by atoms with van der Waals surface area (Å²) in [6.45, 7) is 1.83. The molecule has 120 valence electrons. The molecule has 6 heteroatoms. The third-order valence-corrected chi connectivity index (χ3v) is 3.81. The lowest BCUT2D eigenvalue weighted by atomic mass is 10.1. The number of benzene rings is 2. The van der Waals surface area contributed by atoms with Gasteiger partial charge in [0.2, 0.25) is 0 Å². The number of nitrogens with zero attached hydrogens (tertiary/aromatic N) is 2. The van der Waals surface area contributed by atoms with Gasteiger partial charge in [0.05, 0.1) is 29.3 Å². The van der Waals surface area contributed by atoms with Crippen LogP contribution in [0.25, 0.3) is 16.6 Å². The lowest BCUT2D eigenvalue weighted by Crippen LogP contribution is -2.20. The van der Waals surface area contributed by atoms with Crippen LogP contribution in [0.2, 0.25) is 0 Å². The van der Waals surface area contributed by atoms with E-state index in [-0.39, 0.29) is 5.56 Å². The van der Waals surface area contributed by atoms with Crippen molar-refractivity contribution in [1.82, 2.24) is 9.55 Å². The van der Waals surface area contributed by atoms with Crippen molar-refractivity contribution in [2.24, 2.45) is 0 Å². The van der Waals surface area contributed by atoms with E-state index in [0.717, 1.165) is 5.56 Å². The summed E-state index contributed by atoms with van der Waals surface area (Å²) in [7, 11) is 1.30. The van der Waals surface area contributed by atoms with E-state index in [1.165, 1.54) is 24.1 Å². The summed E-state index contributed by atoms with van der Waals surface area (Å²) in [6.07, 6.45) is 2.09. The monoisotopic (exact) mass is 322 g/mol. The van der Waals surface area contributed by atoms with E-state index in [0.29, 0.717) is 34.0 Å². The number of fused-ring (bicyclic) bond motifs is 1. The number of carbonyl (C=O) groups is 2. The molecule has 0 N–H and O–H groups in total. The standard InChI is InChI=1S/C18H14N2O4/c1-11-3-5-13(18(23)24-2)8-16(11)20-10-19-15-6-4-12(9-21)7-14(15)17(20)22/h3-10H,1-2H3. The molecule has 0 spiro atoms. The van der Waals surface area contributed by atoms with Crippen LogP contribution in [-0.4, -0.2) is 28.9 Å². The van der Waals surface area contributed by atoms with Gasteiger partial charge in [-0.25, -0.2) is 9.78 Å². The Labute approximate surface area is 137 Å². The van der Waals surface area contributed by atoms with Gasteiger partial charge >= 0.3 is 5.97 Å². The SMILES string of the molecule is COC(=O)c1ccc(C)c(-n2cnc3ccc(C=O)cc3c2=O)c1. The quantitative estimate of drug-likeness (QED) is 0.546. The molecule has 1 aromatic heterocycles. The Bertz CT molecular complexity index is 1020. The van der Waals surface area contributed by atoms with Crippen molar-refractivity contribution in [1.29, 1.82) is 0 Å². The number of carbonyl (C=O) groups excluding carboxylic acids is 2. The van der Waals surface area contributed by atoms with Crippen LogP contribution in [-0.2, 0) is 4.74 Å². The highest BCUT2D eigenvalue weighted by atomic mass is 16.5. The molecule has 1 heterocycles. The average molecular weight is 322 g/mol. The van der Waals surface area contributed by atoms with Crippen molar-refractivity contribution in [3.05, 3.63) is 69.8 Å². The normalized spacial score (nSPS) is 10.6. The number of esters is 1. The van der Waals surface area contributed by atoms with E-state index in [1.54, 1.807) is 30.3 Å². The summed E-state index contributed by atoms with van der Waals surface area (Å²) in [4.78, 5) is 39.7. The van der Waals surface area contributed by atoms with Gasteiger partial charge in [-0.1, -0.05) is 6.07 Å². The van der Waals surface area contributed by atoms with Crippen LogP contribution >= 0.6 is 0 Å². The van der Waals surface area contributed by atoms with E-state index in [4.69, 9.17) is 4.74 Å². The fraction of sp³-hybridized carbons (Fsp3) is 0.111. The number of aldehydes is 1. The fourth-order valence-corrected chi connectivity index (χ4v) is 2.50. The lowest BCUT2D eigenvalue weighted by Gasteiger charge is -2.11. The first kappa shape index (κ1) is 15.6. The topological polar surface area (TPSA) is 78.3 Å². The highest BCUT2D eigenvalue weighted by Crippen LogP contribution is 2.17. The maximum Gasteiger partial charge on any atom is 0.337 e. The number of hydrogen-bond donors (Lipinski definition) is 0. The maximum absolute atomic E-state index is 12.8. The molecule has 0 fully saturated rings. The van der Waals surface area contributed by atoms with Gasteiger partial charge in [0.15, 0.2) is 0 Å². The Morgan fingerprint density at radius 3 is 2.71 bits per heavy atom. The second-order valence-corrected chi connectivity index (χ2v) is 5.31. The Morgan fingerprint density at radius 2 is 2.00 bits per heavy atom. The maximum atomic E-state index is 12.8. The van der Waals surface area contributed by atoms with Gasteiger partial charge in [-0.05, 0) is 42.8 Å². The number of aromatic nitrogens is 2. The van der Waals surface area contributed by atoms with E-state index < -0.39 is 5.97 Å². The number of methoxy groups -OCH3 is 1. The van der Waals surface area contributed by atoms with Gasteiger partial charge in [-0.15, -0.1) is 0 Å². The molecule has 0 amide bonds. The second-order valence-electron chi connectivity index (χ2n) is 5.31. The van der Waals surface area contributed by atoms with Gasteiger partial charge in [0, 0.05) is 5.56 Å². The highest BCUT2D eigenvalue weighted by Gasteiger charge is 2.12. The zero-order chi connectivity index (χ0) is 17.3. The van der Waals surface area contributed by atoms with Crippen LogP contribution in [0.4, 0.5) is 0 Å². The van der Waals surface area contributed by atoms with Crippen molar-refractivity contribution >= 4 is 23.2 Å². The number of aryl methyl sites for hydroxylation is 1. The summed E-state index contributed by atoms with van der Waals surface area (Å²) in [5, 5.41) is 0.338. The Balaban J connectivity index is 2.26. The summed E-state index contributed by atoms with van der Waals surface area (Å²) in [5.41, 5.74) is 2.27. The van der Waals surface area contributed by atoms with E-state index in [1.807, 2.05) is 6.92 Å². The number of hydrogen-bond acceptors (Lipinski definition) is 5. The minimum absolute atomic E-state index is 0.311. The minimum atomic E-state index is -0.485. The van der Waals surface area contributed by atoms with Crippen LogP contribution in [0.15, 0.2) is 47.5 Å². The lowest BCUT2D eigenvalue weighted by molar-refractivity contribution is 0.0600. The van der Waals surface area contributed by atoms with Crippen molar-refractivity contribution in [3.63, 3.8) is 0 Å². The molecule has 0 aliphatic heterocycles. The predicted octanol–water partition coefficient (Wildman–Crippen LogP) is 2.29. The fourth-order valence-electron chi connectivity index (χ4n) is 2.50. The predicted molar refractivity (Wildman–Crippen MR) is 88.8 cm³/mol. The minimum Gasteiger partial charge on any atom is -0.465 e. The van der Waals surface area contributed by atoms with E-state index in [9.17, 15) is 14.4 Å². The Kier molecular flexibility index (Phi) is 3.95. The third kappa shape index (κ3) is 2.58. The molecule has 3 rings (SSSR count). The Hall–Kier alpha value is -3.28. The Morgan fingerprint density at radius 1 is 1.21 bits per heavy atom. The zero-order valence-corrected chi connectivity index (χ0v) is 13.1. The summed E-state index contributed by atoms with van der Waals surface area (Å²) in [5.74, 6) is -0.485. The highest BCUT2D eigenvalue weighted by molar-refractivity contribution is 5.90. The van der Waals surface area contributed by atoms with Crippen LogP contribution in [0.3, 0.4) is 0 Å². The van der Waals surface area contributed by atoms with Gasteiger partial charge in [-0.3, -0.25) is 14.2 Å². The van der Waals surface area contributed by atoms with Gasteiger partial charge in [0.1, 0.15) is 12.6 Å². The molecule has 0 atom stereocenters. The molecule has 3 aromatic rings. The molecule has 24 heavy (non-hydrogen) atoms. The average Bonchev–Trinajstić information content (AvgIpc) is 2.62. The summed E-state index contributed by atoms with van der Waals surface area (Å²) >= 11 is 0. The smallest absolute Gasteiger partial charge is 0.337 e. The first-order valence-electron chi connectivity index (χ1n) is 7.21. The molecular formula is C18H14N2O4. The van der Waals surface area contributed by atoms with Crippen molar-refractivity contribution < 1.29 is 14.3 Å². The first-order chi connectivity index (χ1) is 11.5. The van der Waals surface area contributed by atoms with Crippen molar-refractivity contribution in [3.8, 4) is 5.69 Å². The summed E-state index contributed by atoms with van der Waals surface area (Å²) < 4.78 is 6.08. The molecule has 0 saturated heterocycles. The van der Waals surface area contributed by atoms with Gasteiger partial charge in [-0.2, -0.15) is 0 Å². The second kappa shape index (κ2) is 6.08. The molecule has 0 saturated carbocycles. The molecule has 0 aliphatic rings. The molecule has 0 unspecified atom stereocenters. The van der Waals surface area contributed by atoms with Crippen LogP contribution < -0.4 is 5.56 Å². The van der Waals surface area contributed by atoms with Crippen LogP contribution in [0.5, 0.6) is 0 Å². The largest absolute Gasteiger partial charge is 0.465 e. The van der Waals surface area contributed by atoms with Crippen molar-refractivity contribution in [2.75, 3.05) is 7.11 Å². The van der Waals surface area contributed by atoms with Crippen LogP contribution in [0, 0.1) is 6.92 Å². The number of ether oxygens (including phenoxy) is 1. The van der Waals surface area contributed by atoms with E-state index in [2.05, 4.69) is 4.98 Å². The van der Waals surface area contributed by atoms with Gasteiger partial charge in [0.25, 0.3) is 5.56 Å². The summed E-state index contributed by atoms with van der Waals surface area (Å²) in [6, 6.07) is 9.69. The number of rotatable bonds is 3. The molecule has 0 bridgehead atoms.